The molecule has 1 atom stereocenters. The second-order valence-electron chi connectivity index (χ2n) is 4.19. The molecule has 0 fully saturated rings. The molecule has 0 saturated heterocycles. The molecule has 0 saturated carbocycles. The van der Waals surface area contributed by atoms with Gasteiger partial charge in [0.25, 0.3) is 0 Å². The lowest BCUT2D eigenvalue weighted by atomic mass is 10.1. The van der Waals surface area contributed by atoms with E-state index in [9.17, 15) is 12.8 Å². The van der Waals surface area contributed by atoms with Gasteiger partial charge in [-0.3, -0.25) is 0 Å². The van der Waals surface area contributed by atoms with Crippen LogP contribution in [0.15, 0.2) is 59.5 Å². The zero-order valence-electron chi connectivity index (χ0n) is 10.5. The molecule has 2 aromatic rings. The summed E-state index contributed by atoms with van der Waals surface area (Å²) in [4.78, 5) is 0.0424. The van der Waals surface area contributed by atoms with E-state index >= 15 is 0 Å². The first-order valence-electron chi connectivity index (χ1n) is 5.92. The number of sulfonamides is 1. The lowest BCUT2D eigenvalue weighted by Gasteiger charge is -2.16. The van der Waals surface area contributed by atoms with Crippen LogP contribution in [-0.2, 0) is 10.0 Å². The molecular weight excluding hydrogens is 345 g/mol. The van der Waals surface area contributed by atoms with E-state index in [2.05, 4.69) is 20.7 Å². The first-order chi connectivity index (χ1) is 9.53. The minimum absolute atomic E-state index is 0.0424. The van der Waals surface area contributed by atoms with Gasteiger partial charge in [0.1, 0.15) is 5.82 Å². The second kappa shape index (κ2) is 6.47. The molecule has 1 unspecified atom stereocenters. The number of hydrogen-bond donors (Lipinski definition) is 1. The summed E-state index contributed by atoms with van der Waals surface area (Å²) in [6.45, 7) is 0. The average Bonchev–Trinajstić information content (AvgIpc) is 2.46. The number of halogens is 2. The second-order valence-corrected chi connectivity index (χ2v) is 6.55. The van der Waals surface area contributed by atoms with Gasteiger partial charge in [0, 0.05) is 5.33 Å². The van der Waals surface area contributed by atoms with Gasteiger partial charge in [-0.15, -0.1) is 0 Å². The van der Waals surface area contributed by atoms with E-state index in [1.165, 1.54) is 12.1 Å². The van der Waals surface area contributed by atoms with E-state index in [1.807, 2.05) is 30.3 Å². The molecule has 0 spiro atoms. The van der Waals surface area contributed by atoms with Crippen molar-refractivity contribution in [2.75, 3.05) is 5.33 Å². The van der Waals surface area contributed by atoms with E-state index in [1.54, 1.807) is 0 Å². The highest BCUT2D eigenvalue weighted by Gasteiger charge is 2.20. The molecule has 0 heterocycles. The fourth-order valence-electron chi connectivity index (χ4n) is 1.74. The predicted octanol–water partition coefficient (Wildman–Crippen LogP) is 3.24. The third-order valence-corrected chi connectivity index (χ3v) is 4.91. The molecular formula is C14H13BrFNO2S. The van der Waals surface area contributed by atoms with Gasteiger partial charge in [-0.05, 0) is 29.8 Å². The maximum absolute atomic E-state index is 12.8. The summed E-state index contributed by atoms with van der Waals surface area (Å²) in [5.41, 5.74) is 0.857. The molecule has 0 aliphatic heterocycles. The fraction of sp³-hybridized carbons (Fsp3) is 0.143. The molecule has 2 rings (SSSR count). The molecule has 6 heteroatoms. The molecule has 1 N–H and O–H groups in total. The topological polar surface area (TPSA) is 46.2 Å². The van der Waals surface area contributed by atoms with Crippen LogP contribution in [0.1, 0.15) is 11.6 Å². The number of rotatable bonds is 5. The first kappa shape index (κ1) is 15.2. The molecule has 0 radical (unpaired) electrons. The standard InChI is InChI=1S/C14H13BrFNO2S/c15-10-14(11-4-2-1-3-5-11)17-20(18,19)13-8-6-12(16)7-9-13/h1-9,14,17H,10H2. The van der Waals surface area contributed by atoms with Gasteiger partial charge in [-0.2, -0.15) is 0 Å². The van der Waals surface area contributed by atoms with E-state index in [0.717, 1.165) is 17.7 Å². The van der Waals surface area contributed by atoms with Crippen molar-refractivity contribution in [3.63, 3.8) is 0 Å². The summed E-state index contributed by atoms with van der Waals surface area (Å²) in [6.07, 6.45) is 0. The van der Waals surface area contributed by atoms with Crippen LogP contribution in [0.5, 0.6) is 0 Å². The van der Waals surface area contributed by atoms with E-state index < -0.39 is 15.8 Å². The molecule has 2 aromatic carbocycles. The highest BCUT2D eigenvalue weighted by Crippen LogP contribution is 2.19. The van der Waals surface area contributed by atoms with Crippen molar-refractivity contribution in [3.05, 3.63) is 66.0 Å². The zero-order chi connectivity index (χ0) is 14.6. The van der Waals surface area contributed by atoms with Gasteiger partial charge >= 0.3 is 0 Å². The van der Waals surface area contributed by atoms with Gasteiger partial charge in [-0.1, -0.05) is 46.3 Å². The molecule has 0 amide bonds. The molecule has 0 bridgehead atoms. The van der Waals surface area contributed by atoms with Crippen molar-refractivity contribution >= 4 is 26.0 Å². The van der Waals surface area contributed by atoms with Crippen LogP contribution in [0.2, 0.25) is 0 Å². The van der Waals surface area contributed by atoms with Crippen LogP contribution in [0.4, 0.5) is 4.39 Å². The lowest BCUT2D eigenvalue weighted by Crippen LogP contribution is -2.29. The Balaban J connectivity index is 2.24. The maximum Gasteiger partial charge on any atom is 0.241 e. The number of nitrogens with one attached hydrogen (secondary N) is 1. The Morgan fingerprint density at radius 3 is 2.20 bits per heavy atom. The zero-order valence-corrected chi connectivity index (χ0v) is 12.9. The van der Waals surface area contributed by atoms with Gasteiger partial charge < -0.3 is 0 Å². The normalized spacial score (nSPS) is 13.1. The SMILES string of the molecule is O=S(=O)(NC(CBr)c1ccccc1)c1ccc(F)cc1. The summed E-state index contributed by atoms with van der Waals surface area (Å²) < 4.78 is 39.9. The van der Waals surface area contributed by atoms with Crippen LogP contribution in [0, 0.1) is 5.82 Å². The molecule has 0 aromatic heterocycles. The maximum atomic E-state index is 12.8. The van der Waals surface area contributed by atoms with Crippen LogP contribution in [-0.4, -0.2) is 13.7 Å². The minimum atomic E-state index is -3.68. The molecule has 106 valence electrons. The highest BCUT2D eigenvalue weighted by molar-refractivity contribution is 9.09. The Hall–Kier alpha value is -1.24. The molecule has 0 aliphatic rings. The first-order valence-corrected chi connectivity index (χ1v) is 8.52. The lowest BCUT2D eigenvalue weighted by molar-refractivity contribution is 0.568. The van der Waals surface area contributed by atoms with Crippen LogP contribution < -0.4 is 4.72 Å². The quantitative estimate of drug-likeness (QED) is 0.835. The Labute approximate surface area is 126 Å². The summed E-state index contributed by atoms with van der Waals surface area (Å²) >= 11 is 3.30. The Morgan fingerprint density at radius 2 is 1.65 bits per heavy atom. The molecule has 3 nitrogen and oxygen atoms in total. The third kappa shape index (κ3) is 3.65. The van der Waals surface area contributed by atoms with Gasteiger partial charge in [0.05, 0.1) is 10.9 Å². The van der Waals surface area contributed by atoms with Gasteiger partial charge in [0.15, 0.2) is 0 Å². The van der Waals surface area contributed by atoms with Crippen molar-refractivity contribution in [3.8, 4) is 0 Å². The largest absolute Gasteiger partial charge is 0.241 e. The van der Waals surface area contributed by atoms with Crippen molar-refractivity contribution in [2.24, 2.45) is 0 Å². The summed E-state index contributed by atoms with van der Waals surface area (Å²) in [7, 11) is -3.68. The molecule has 0 aliphatic carbocycles. The van der Waals surface area contributed by atoms with Crippen molar-refractivity contribution in [1.82, 2.24) is 4.72 Å². The van der Waals surface area contributed by atoms with E-state index in [0.29, 0.717) is 5.33 Å². The smallest absolute Gasteiger partial charge is 0.207 e. The fourth-order valence-corrected chi connectivity index (χ4v) is 3.72. The Kier molecular flexibility index (Phi) is 4.91. The third-order valence-electron chi connectivity index (χ3n) is 2.78. The number of benzene rings is 2. The van der Waals surface area contributed by atoms with E-state index in [-0.39, 0.29) is 10.9 Å². The summed E-state index contributed by atoms with van der Waals surface area (Å²) in [6, 6.07) is 13.6. The predicted molar refractivity (Wildman–Crippen MR) is 79.7 cm³/mol. The van der Waals surface area contributed by atoms with Gasteiger partial charge in [0.2, 0.25) is 10.0 Å². The molecule has 20 heavy (non-hydrogen) atoms. The number of alkyl halides is 1. The van der Waals surface area contributed by atoms with Crippen molar-refractivity contribution < 1.29 is 12.8 Å². The summed E-state index contributed by atoms with van der Waals surface area (Å²) in [5.74, 6) is -0.468. The average molecular weight is 358 g/mol. The number of hydrogen-bond acceptors (Lipinski definition) is 2. The van der Waals surface area contributed by atoms with Crippen LogP contribution >= 0.6 is 15.9 Å². The Morgan fingerprint density at radius 1 is 1.05 bits per heavy atom. The van der Waals surface area contributed by atoms with Crippen molar-refractivity contribution in [1.29, 1.82) is 0 Å². The van der Waals surface area contributed by atoms with Gasteiger partial charge in [-0.25, -0.2) is 17.5 Å². The van der Waals surface area contributed by atoms with Crippen molar-refractivity contribution in [2.45, 2.75) is 10.9 Å². The van der Waals surface area contributed by atoms with E-state index in [4.69, 9.17) is 0 Å². The highest BCUT2D eigenvalue weighted by atomic mass is 79.9. The monoisotopic (exact) mass is 357 g/mol. The minimum Gasteiger partial charge on any atom is -0.207 e. The van der Waals surface area contributed by atoms with Crippen LogP contribution in [0.3, 0.4) is 0 Å². The van der Waals surface area contributed by atoms with Crippen LogP contribution in [0.25, 0.3) is 0 Å². The summed E-state index contributed by atoms with van der Waals surface area (Å²) in [5, 5.41) is 0.442. The Bertz CT molecular complexity index is 659.